The van der Waals surface area contributed by atoms with Gasteiger partial charge in [0.1, 0.15) is 0 Å². The predicted molar refractivity (Wildman–Crippen MR) is 171 cm³/mol. The average molecular weight is 844 g/mol. The number of carboxylic acid groups (broad SMARTS) is 2. The van der Waals surface area contributed by atoms with Crippen LogP contribution in [0.3, 0.4) is 0 Å². The minimum atomic E-state index is -1.67. The van der Waals surface area contributed by atoms with Gasteiger partial charge < -0.3 is 30.4 Å². The summed E-state index contributed by atoms with van der Waals surface area (Å²) in [6, 6.07) is 22.0. The van der Waals surface area contributed by atoms with Crippen LogP contribution in [-0.4, -0.2) is 84.6 Å². The number of hydrogen-bond donors (Lipinski definition) is 2. The van der Waals surface area contributed by atoms with Gasteiger partial charge in [-0.05, 0) is 47.9 Å². The maximum atomic E-state index is 13.0. The van der Waals surface area contributed by atoms with E-state index in [1.807, 2.05) is 48.5 Å². The molecule has 1 fully saturated rings. The normalized spacial score (nSPS) is 15.8. The molecule has 49 heavy (non-hydrogen) atoms. The number of rotatable bonds is 11. The fourth-order valence-electron chi connectivity index (χ4n) is 6.40. The number of nitrogens with zero attached hydrogens (tertiary/aromatic N) is 2. The molecule has 2 heterocycles. The molecule has 12 nitrogen and oxygen atoms in total. The number of nitrogens with one attached hydrogen (secondary N) is 2. The van der Waals surface area contributed by atoms with E-state index < -0.39 is 17.4 Å². The Balaban J connectivity index is 0.000000368. The van der Waals surface area contributed by atoms with Crippen LogP contribution in [0.2, 0.25) is 0 Å². The summed E-state index contributed by atoms with van der Waals surface area (Å²) in [6.07, 6.45) is 0.928. The Bertz CT molecular complexity index is 1750. The van der Waals surface area contributed by atoms with Gasteiger partial charge in [0.25, 0.3) is 23.6 Å². The summed E-state index contributed by atoms with van der Waals surface area (Å²) in [5, 5.41) is 30.2. The average Bonchev–Trinajstić information content (AvgIpc) is 3.05. The zero-order valence-corrected chi connectivity index (χ0v) is 28.5. The van der Waals surface area contributed by atoms with E-state index in [0.717, 1.165) is 21.5 Å². The van der Waals surface area contributed by atoms with Gasteiger partial charge in [-0.1, -0.05) is 55.0 Å². The van der Waals surface area contributed by atoms with Gasteiger partial charge in [0.05, 0.1) is 11.9 Å². The van der Waals surface area contributed by atoms with Crippen molar-refractivity contribution in [2.24, 2.45) is 5.41 Å². The number of hydrogen-bond acceptors (Lipinski definition) is 10. The first-order valence-corrected chi connectivity index (χ1v) is 15.8. The minimum absolute atomic E-state index is 0. The van der Waals surface area contributed by atoms with Crippen molar-refractivity contribution in [3.05, 3.63) is 95.1 Å². The summed E-state index contributed by atoms with van der Waals surface area (Å²) in [6.45, 7) is 2.66. The number of benzene rings is 4. The van der Waals surface area contributed by atoms with E-state index in [1.165, 1.54) is 9.80 Å². The Morgan fingerprint density at radius 1 is 0.571 bits per heavy atom. The van der Waals surface area contributed by atoms with Crippen LogP contribution in [0.1, 0.15) is 60.7 Å². The second-order valence-corrected chi connectivity index (χ2v) is 12.0. The zero-order chi connectivity index (χ0) is 34.0. The van der Waals surface area contributed by atoms with Crippen LogP contribution in [0, 0.1) is 5.41 Å². The van der Waals surface area contributed by atoms with Gasteiger partial charge in [0.15, 0.2) is 0 Å². The van der Waals surface area contributed by atoms with Crippen LogP contribution >= 0.6 is 0 Å². The Morgan fingerprint density at radius 2 is 0.898 bits per heavy atom. The maximum Gasteiger partial charge on any atom is 2.00 e. The molecule has 0 aromatic heterocycles. The largest absolute Gasteiger partial charge is 2.00 e. The summed E-state index contributed by atoms with van der Waals surface area (Å²) < 4.78 is 0. The molecule has 0 unspecified atom stereocenters. The molecule has 2 aliphatic heterocycles. The van der Waals surface area contributed by atoms with Crippen LogP contribution in [-0.2, 0) is 30.7 Å². The van der Waals surface area contributed by atoms with Crippen molar-refractivity contribution in [2.45, 2.75) is 19.3 Å². The second kappa shape index (κ2) is 14.8. The van der Waals surface area contributed by atoms with Gasteiger partial charge in [-0.3, -0.25) is 29.0 Å². The van der Waals surface area contributed by atoms with Gasteiger partial charge >= 0.3 is 21.1 Å². The first-order valence-electron chi connectivity index (χ1n) is 15.8. The van der Waals surface area contributed by atoms with Crippen LogP contribution in [0.4, 0.5) is 0 Å². The van der Waals surface area contributed by atoms with Crippen LogP contribution in [0.5, 0.6) is 0 Å². The Hall–Kier alpha value is -4.77. The number of imide groups is 2. The van der Waals surface area contributed by atoms with E-state index in [0.29, 0.717) is 54.9 Å². The molecule has 4 amide bonds. The molecule has 0 saturated heterocycles. The quantitative estimate of drug-likeness (QED) is 0.124. The summed E-state index contributed by atoms with van der Waals surface area (Å²) in [5.74, 6) is -4.11. The van der Waals surface area contributed by atoms with Crippen molar-refractivity contribution >= 4 is 57.1 Å². The van der Waals surface area contributed by atoms with Crippen molar-refractivity contribution in [1.29, 1.82) is 0 Å². The molecule has 0 radical (unpaired) electrons. The van der Waals surface area contributed by atoms with Crippen molar-refractivity contribution in [1.82, 2.24) is 20.4 Å². The van der Waals surface area contributed by atoms with Crippen LogP contribution in [0.25, 0.3) is 21.5 Å². The molecule has 4 aromatic carbocycles. The summed E-state index contributed by atoms with van der Waals surface area (Å²) in [7, 11) is 0. The van der Waals surface area contributed by atoms with E-state index >= 15 is 0 Å². The molecular formula is C36H32N4O8Pt. The molecule has 1 saturated carbocycles. The third-order valence-electron chi connectivity index (χ3n) is 9.20. The number of amides is 4. The summed E-state index contributed by atoms with van der Waals surface area (Å²) in [4.78, 5) is 74.9. The number of aliphatic carboxylic acids is 2. The Morgan fingerprint density at radius 3 is 1.14 bits per heavy atom. The van der Waals surface area contributed by atoms with Crippen molar-refractivity contribution in [3.8, 4) is 0 Å². The minimum Gasteiger partial charge on any atom is -0.549 e. The second-order valence-electron chi connectivity index (χ2n) is 12.0. The van der Waals surface area contributed by atoms with Crippen LogP contribution in [0.15, 0.2) is 72.8 Å². The van der Waals surface area contributed by atoms with Gasteiger partial charge in [-0.2, -0.15) is 0 Å². The van der Waals surface area contributed by atoms with E-state index in [9.17, 15) is 39.0 Å². The molecular weight excluding hydrogens is 811 g/mol. The molecule has 7 rings (SSSR count). The molecule has 254 valence electrons. The molecule has 4 aromatic rings. The van der Waals surface area contributed by atoms with Crippen molar-refractivity contribution in [3.63, 3.8) is 0 Å². The molecule has 0 spiro atoms. The van der Waals surface area contributed by atoms with Gasteiger partial charge in [0.2, 0.25) is 0 Å². The number of carbonyl (C=O) groups excluding carboxylic acids is 6. The molecule has 0 bridgehead atoms. The first kappa shape index (κ1) is 35.5. The number of carbonyl (C=O) groups is 6. The molecule has 3 aliphatic rings. The molecule has 0 atom stereocenters. The summed E-state index contributed by atoms with van der Waals surface area (Å²) in [5.41, 5.74) is 0.556. The fraction of sp³-hybridized carbons (Fsp3) is 0.278. The summed E-state index contributed by atoms with van der Waals surface area (Å²) >= 11 is 0. The third kappa shape index (κ3) is 6.51. The maximum absolute atomic E-state index is 13.0. The monoisotopic (exact) mass is 843 g/mol. The van der Waals surface area contributed by atoms with E-state index in [2.05, 4.69) is 10.6 Å². The fourth-order valence-corrected chi connectivity index (χ4v) is 6.40. The molecule has 2 N–H and O–H groups in total. The van der Waals surface area contributed by atoms with Gasteiger partial charge in [0, 0.05) is 77.7 Å². The first-order chi connectivity index (χ1) is 23.2. The molecule has 1 aliphatic carbocycles. The van der Waals surface area contributed by atoms with Crippen molar-refractivity contribution in [2.75, 3.05) is 39.3 Å². The third-order valence-corrected chi connectivity index (χ3v) is 9.20. The van der Waals surface area contributed by atoms with E-state index in [4.69, 9.17) is 0 Å². The molecule has 13 heteroatoms. The van der Waals surface area contributed by atoms with Gasteiger partial charge in [-0.15, -0.1) is 0 Å². The topological polar surface area (TPSA) is 179 Å². The van der Waals surface area contributed by atoms with Crippen molar-refractivity contribution < 1.29 is 60.0 Å². The SMILES string of the molecule is O=C([O-])C1(C(=O)[O-])CCC1.O=C1c2cccc3cccc(c23)C(=O)N1CCNCCNCCN1C(=O)c2cccc3cccc(c23)C1=O.[Pt+2]. The smallest absolute Gasteiger partial charge is 0.549 e. The number of carboxylic acids is 2. The van der Waals surface area contributed by atoms with E-state index in [-0.39, 0.29) is 70.6 Å². The standard InChI is InChI=1S/C30H26N4O4.C6H8O4.Pt/c35-27-21-9-1-5-19-6-2-10-22(25(19)21)28(36)33(27)17-15-31-13-14-32-16-18-34-29(37)23-11-3-7-20-8-4-12-24(26(20)23)30(34)38;7-4(8)6(5(9)10)2-1-3-6;/h1-12,31-32H,13-18H2;1-3H2,(H,7,8)(H,9,10);/q;;+2/p-2. The predicted octanol–water partition coefficient (Wildman–Crippen LogP) is 0.718. The Kier molecular flexibility index (Phi) is 10.7. The zero-order valence-electron chi connectivity index (χ0n) is 26.3. The van der Waals surface area contributed by atoms with E-state index in [1.54, 1.807) is 24.3 Å². The van der Waals surface area contributed by atoms with Gasteiger partial charge in [-0.25, -0.2) is 0 Å². The van der Waals surface area contributed by atoms with Crippen LogP contribution < -0.4 is 20.8 Å². The Labute approximate surface area is 295 Å².